The number of nitrogens with one attached hydrogen (secondary N) is 1. The summed E-state index contributed by atoms with van der Waals surface area (Å²) in [6.07, 6.45) is 0. The first-order valence-electron chi connectivity index (χ1n) is 4.86. The number of rotatable bonds is 3. The molecule has 1 heterocycles. The Balaban J connectivity index is 2.25. The maximum atomic E-state index is 3.92. The van der Waals surface area contributed by atoms with Crippen LogP contribution in [0, 0.1) is 0 Å². The van der Waals surface area contributed by atoms with Gasteiger partial charge < -0.3 is 4.90 Å². The normalized spacial score (nSPS) is 10.3. The number of anilines is 1. The molecule has 5 heteroatoms. The van der Waals surface area contributed by atoms with Gasteiger partial charge in [-0.3, -0.25) is 0 Å². The number of H-pyrrole nitrogens is 1. The molecule has 0 unspecified atom stereocenters. The molecule has 0 bridgehead atoms. The second kappa shape index (κ2) is 4.08. The van der Waals surface area contributed by atoms with E-state index in [0.29, 0.717) is 5.82 Å². The minimum atomic E-state index is 0.626. The molecule has 0 amide bonds. The zero-order valence-corrected chi connectivity index (χ0v) is 8.81. The molecule has 15 heavy (non-hydrogen) atoms. The summed E-state index contributed by atoms with van der Waals surface area (Å²) in [4.78, 5) is 2.17. The number of hydrogen-bond donors (Lipinski definition) is 1. The highest BCUT2D eigenvalue weighted by molar-refractivity contribution is 5.59. The lowest BCUT2D eigenvalue weighted by Crippen LogP contribution is -2.15. The third-order valence-corrected chi connectivity index (χ3v) is 2.39. The van der Waals surface area contributed by atoms with Crippen LogP contribution in [0.4, 0.5) is 5.69 Å². The maximum Gasteiger partial charge on any atom is 0.204 e. The molecule has 1 N–H and O–H groups in total. The van der Waals surface area contributed by atoms with Gasteiger partial charge in [0.2, 0.25) is 5.82 Å². The van der Waals surface area contributed by atoms with Crippen LogP contribution in [-0.2, 0) is 0 Å². The molecule has 0 aliphatic rings. The van der Waals surface area contributed by atoms with Crippen LogP contribution < -0.4 is 4.90 Å². The Labute approximate surface area is 88.1 Å². The lowest BCUT2D eigenvalue weighted by Gasteiger charge is -2.16. The summed E-state index contributed by atoms with van der Waals surface area (Å²) in [5, 5.41) is 13.8. The summed E-state index contributed by atoms with van der Waals surface area (Å²) >= 11 is 0. The van der Waals surface area contributed by atoms with Crippen LogP contribution in [0.1, 0.15) is 6.92 Å². The fourth-order valence-electron chi connectivity index (χ4n) is 1.33. The molecule has 0 aliphatic heterocycles. The first-order valence-corrected chi connectivity index (χ1v) is 4.86. The second-order valence-corrected chi connectivity index (χ2v) is 3.30. The molecule has 0 spiro atoms. The lowest BCUT2D eigenvalue weighted by atomic mass is 10.2. The monoisotopic (exact) mass is 203 g/mol. The van der Waals surface area contributed by atoms with E-state index in [0.717, 1.165) is 12.1 Å². The zero-order valence-electron chi connectivity index (χ0n) is 8.81. The minimum Gasteiger partial charge on any atom is -0.375 e. The van der Waals surface area contributed by atoms with Gasteiger partial charge in [-0.15, -0.1) is 10.2 Å². The van der Waals surface area contributed by atoms with Crippen LogP contribution in [0.3, 0.4) is 0 Å². The maximum absolute atomic E-state index is 3.92. The second-order valence-electron chi connectivity index (χ2n) is 3.30. The number of tetrazole rings is 1. The van der Waals surface area contributed by atoms with Gasteiger partial charge in [-0.05, 0) is 36.4 Å². The molecule has 2 rings (SSSR count). The Kier molecular flexibility index (Phi) is 2.62. The molecule has 0 saturated carbocycles. The van der Waals surface area contributed by atoms with Gasteiger partial charge in [0.15, 0.2) is 0 Å². The number of benzene rings is 1. The number of aromatic nitrogens is 4. The molecule has 5 nitrogen and oxygen atoms in total. The average Bonchev–Trinajstić information content (AvgIpc) is 2.82. The fourth-order valence-corrected chi connectivity index (χ4v) is 1.33. The van der Waals surface area contributed by atoms with E-state index < -0.39 is 0 Å². The zero-order chi connectivity index (χ0) is 10.7. The highest BCUT2D eigenvalue weighted by Gasteiger charge is 2.03. The van der Waals surface area contributed by atoms with Crippen molar-refractivity contribution in [3.63, 3.8) is 0 Å². The minimum absolute atomic E-state index is 0.626. The molecule has 0 saturated heterocycles. The van der Waals surface area contributed by atoms with Crippen molar-refractivity contribution in [3.8, 4) is 11.4 Å². The summed E-state index contributed by atoms with van der Waals surface area (Å²) in [6.45, 7) is 3.11. The number of nitrogens with zero attached hydrogens (tertiary/aromatic N) is 4. The Morgan fingerprint density at radius 2 is 2.00 bits per heavy atom. The predicted octanol–water partition coefficient (Wildman–Crippen LogP) is 1.32. The molecular weight excluding hydrogens is 190 g/mol. The van der Waals surface area contributed by atoms with Crippen molar-refractivity contribution in [2.24, 2.45) is 0 Å². The van der Waals surface area contributed by atoms with Crippen molar-refractivity contribution >= 4 is 5.69 Å². The van der Waals surface area contributed by atoms with Gasteiger partial charge in [-0.2, -0.15) is 5.21 Å². The van der Waals surface area contributed by atoms with E-state index in [9.17, 15) is 0 Å². The van der Waals surface area contributed by atoms with Crippen molar-refractivity contribution < 1.29 is 0 Å². The largest absolute Gasteiger partial charge is 0.375 e. The molecule has 0 fully saturated rings. The van der Waals surface area contributed by atoms with Gasteiger partial charge in [-0.25, -0.2) is 0 Å². The van der Waals surface area contributed by atoms with Crippen molar-refractivity contribution in [3.05, 3.63) is 24.3 Å². The number of aromatic amines is 1. The molecular formula is C10H13N5. The summed E-state index contributed by atoms with van der Waals surface area (Å²) < 4.78 is 0. The van der Waals surface area contributed by atoms with Crippen molar-refractivity contribution in [1.82, 2.24) is 20.6 Å². The molecule has 0 radical (unpaired) electrons. The van der Waals surface area contributed by atoms with E-state index in [1.54, 1.807) is 0 Å². The van der Waals surface area contributed by atoms with Crippen LogP contribution in [0.5, 0.6) is 0 Å². The standard InChI is InChI=1S/C10H13N5/c1-3-15(2)9-6-4-8(5-7-9)10-11-13-14-12-10/h4-7H,3H2,1-2H3,(H,11,12,13,14). The van der Waals surface area contributed by atoms with Crippen LogP contribution in [0.2, 0.25) is 0 Å². The Bertz CT molecular complexity index is 406. The fraction of sp³-hybridized carbons (Fsp3) is 0.300. The van der Waals surface area contributed by atoms with E-state index in [4.69, 9.17) is 0 Å². The van der Waals surface area contributed by atoms with Gasteiger partial charge >= 0.3 is 0 Å². The summed E-state index contributed by atoms with van der Waals surface area (Å²) in [6, 6.07) is 8.09. The van der Waals surface area contributed by atoms with E-state index in [-0.39, 0.29) is 0 Å². The summed E-state index contributed by atoms with van der Waals surface area (Å²) in [5.74, 6) is 0.626. The third kappa shape index (κ3) is 1.96. The van der Waals surface area contributed by atoms with Crippen molar-refractivity contribution in [2.45, 2.75) is 6.92 Å². The molecule has 2 aromatic rings. The molecule has 0 atom stereocenters. The SMILES string of the molecule is CCN(C)c1ccc(-c2nn[nH]n2)cc1. The van der Waals surface area contributed by atoms with E-state index in [1.165, 1.54) is 5.69 Å². The van der Waals surface area contributed by atoms with E-state index in [2.05, 4.69) is 51.6 Å². The van der Waals surface area contributed by atoms with Gasteiger partial charge in [0.05, 0.1) is 0 Å². The summed E-state index contributed by atoms with van der Waals surface area (Å²) in [7, 11) is 2.06. The van der Waals surface area contributed by atoms with Crippen LogP contribution in [0.15, 0.2) is 24.3 Å². The highest BCUT2D eigenvalue weighted by Crippen LogP contribution is 2.18. The lowest BCUT2D eigenvalue weighted by molar-refractivity contribution is 0.881. The molecule has 1 aromatic carbocycles. The van der Waals surface area contributed by atoms with Gasteiger partial charge in [0.1, 0.15) is 0 Å². The molecule has 78 valence electrons. The Morgan fingerprint density at radius 3 is 2.53 bits per heavy atom. The first-order chi connectivity index (χ1) is 7.31. The number of hydrogen-bond acceptors (Lipinski definition) is 4. The first kappa shape index (κ1) is 9.64. The van der Waals surface area contributed by atoms with Crippen LogP contribution in [0.25, 0.3) is 11.4 Å². The summed E-state index contributed by atoms with van der Waals surface area (Å²) in [5.41, 5.74) is 2.15. The highest BCUT2D eigenvalue weighted by atomic mass is 15.5. The van der Waals surface area contributed by atoms with E-state index >= 15 is 0 Å². The Morgan fingerprint density at radius 1 is 1.27 bits per heavy atom. The molecule has 1 aromatic heterocycles. The van der Waals surface area contributed by atoms with Gasteiger partial charge in [0, 0.05) is 24.8 Å². The van der Waals surface area contributed by atoms with Gasteiger partial charge in [-0.1, -0.05) is 0 Å². The topological polar surface area (TPSA) is 57.7 Å². The quantitative estimate of drug-likeness (QED) is 0.817. The van der Waals surface area contributed by atoms with Crippen LogP contribution in [-0.4, -0.2) is 34.2 Å². The van der Waals surface area contributed by atoms with Gasteiger partial charge in [0.25, 0.3) is 0 Å². The van der Waals surface area contributed by atoms with Crippen molar-refractivity contribution in [1.29, 1.82) is 0 Å². The van der Waals surface area contributed by atoms with Crippen molar-refractivity contribution in [2.75, 3.05) is 18.5 Å². The third-order valence-electron chi connectivity index (χ3n) is 2.39. The molecule has 0 aliphatic carbocycles. The van der Waals surface area contributed by atoms with E-state index in [1.807, 2.05) is 12.1 Å². The van der Waals surface area contributed by atoms with Crippen LogP contribution >= 0.6 is 0 Å². The average molecular weight is 203 g/mol. The predicted molar refractivity (Wildman–Crippen MR) is 58.6 cm³/mol. The Hall–Kier alpha value is -1.91. The smallest absolute Gasteiger partial charge is 0.204 e.